The number of benzene rings is 2. The molecule has 0 saturated heterocycles. The molecular weight excluding hydrogens is 364 g/mol. The van der Waals surface area contributed by atoms with E-state index >= 15 is 0 Å². The second kappa shape index (κ2) is 5.11. The van der Waals surface area contributed by atoms with Crippen molar-refractivity contribution in [1.29, 1.82) is 0 Å². The molecule has 0 atom stereocenters. The molecule has 4 nitrogen and oxygen atoms in total. The van der Waals surface area contributed by atoms with Crippen LogP contribution < -0.4 is 0 Å². The van der Waals surface area contributed by atoms with E-state index in [1.165, 1.54) is 10.8 Å². The molecule has 5 heteroatoms. The van der Waals surface area contributed by atoms with Crippen LogP contribution in [0.25, 0.3) is 44.5 Å². The Kier molecular flexibility index (Phi) is 2.90. The molecule has 3 heterocycles. The van der Waals surface area contributed by atoms with E-state index in [4.69, 9.17) is 0 Å². The highest BCUT2D eigenvalue weighted by Gasteiger charge is 2.12. The Morgan fingerprint density at radius 3 is 2.58 bits per heavy atom. The fourth-order valence-corrected chi connectivity index (χ4v) is 3.54. The van der Waals surface area contributed by atoms with E-state index in [2.05, 4.69) is 66.2 Å². The highest BCUT2D eigenvalue weighted by molar-refractivity contribution is 9.10. The summed E-state index contributed by atoms with van der Waals surface area (Å²) in [7, 11) is 0. The van der Waals surface area contributed by atoms with Crippen LogP contribution in [0.3, 0.4) is 0 Å². The van der Waals surface area contributed by atoms with Crippen molar-refractivity contribution in [1.82, 2.24) is 19.9 Å². The van der Waals surface area contributed by atoms with Crippen LogP contribution in [0.4, 0.5) is 0 Å². The molecule has 0 aliphatic rings. The maximum atomic E-state index is 4.59. The Labute approximate surface area is 146 Å². The molecule has 5 rings (SSSR count). The summed E-state index contributed by atoms with van der Waals surface area (Å²) in [4.78, 5) is 14.7. The summed E-state index contributed by atoms with van der Waals surface area (Å²) >= 11 is 3.51. The van der Waals surface area contributed by atoms with Crippen LogP contribution in [0.5, 0.6) is 0 Å². The number of para-hydroxylation sites is 1. The van der Waals surface area contributed by atoms with Crippen LogP contribution in [0, 0.1) is 0 Å². The number of hydrogen-bond acceptors (Lipinski definition) is 1. The molecule has 0 aliphatic heterocycles. The van der Waals surface area contributed by atoms with Gasteiger partial charge in [-0.05, 0) is 18.2 Å². The zero-order valence-electron chi connectivity index (χ0n) is 12.6. The van der Waals surface area contributed by atoms with Gasteiger partial charge in [0, 0.05) is 49.8 Å². The van der Waals surface area contributed by atoms with Crippen molar-refractivity contribution in [2.24, 2.45) is 0 Å². The normalized spacial score (nSPS) is 11.5. The van der Waals surface area contributed by atoms with Gasteiger partial charge in [-0.15, -0.1) is 0 Å². The molecule has 3 aromatic heterocycles. The van der Waals surface area contributed by atoms with Gasteiger partial charge in [-0.1, -0.05) is 40.2 Å². The molecule has 0 aliphatic carbocycles. The van der Waals surface area contributed by atoms with Gasteiger partial charge < -0.3 is 15.0 Å². The van der Waals surface area contributed by atoms with E-state index < -0.39 is 0 Å². The fourth-order valence-electron chi connectivity index (χ4n) is 3.18. The van der Waals surface area contributed by atoms with Crippen molar-refractivity contribution in [2.75, 3.05) is 0 Å². The number of halogens is 1. The van der Waals surface area contributed by atoms with Crippen molar-refractivity contribution in [3.8, 4) is 22.6 Å². The maximum Gasteiger partial charge on any atom is 0.139 e. The third-order valence-electron chi connectivity index (χ3n) is 4.35. The molecule has 0 spiro atoms. The van der Waals surface area contributed by atoms with E-state index in [1.807, 2.05) is 30.7 Å². The Bertz CT molecular complexity index is 1180. The first kappa shape index (κ1) is 13.6. The third kappa shape index (κ3) is 2.02. The number of fused-ring (bicyclic) bond motifs is 2. The lowest BCUT2D eigenvalue weighted by Crippen LogP contribution is -1.79. The molecule has 0 fully saturated rings. The smallest absolute Gasteiger partial charge is 0.139 e. The SMILES string of the molecule is Brc1ccc2c(-c3cnc(-c4c[nH]c5ccccc45)[nH]3)c[nH]c2c1. The first-order valence-electron chi connectivity index (χ1n) is 7.68. The minimum atomic E-state index is 0.869. The van der Waals surface area contributed by atoms with Crippen molar-refractivity contribution >= 4 is 37.7 Å². The van der Waals surface area contributed by atoms with E-state index in [-0.39, 0.29) is 0 Å². The van der Waals surface area contributed by atoms with E-state index in [1.54, 1.807) is 0 Å². The van der Waals surface area contributed by atoms with E-state index in [0.717, 1.165) is 38.2 Å². The van der Waals surface area contributed by atoms with Gasteiger partial charge in [0.05, 0.1) is 11.9 Å². The second-order valence-corrected chi connectivity index (χ2v) is 6.70. The van der Waals surface area contributed by atoms with Crippen LogP contribution in [-0.2, 0) is 0 Å². The van der Waals surface area contributed by atoms with Gasteiger partial charge in [0.2, 0.25) is 0 Å². The average Bonchev–Trinajstić information content (AvgIpc) is 3.31. The Morgan fingerprint density at radius 1 is 0.833 bits per heavy atom. The Balaban J connectivity index is 1.64. The minimum Gasteiger partial charge on any atom is -0.360 e. The van der Waals surface area contributed by atoms with Crippen molar-refractivity contribution in [2.45, 2.75) is 0 Å². The molecular formula is C19H13BrN4. The molecule has 116 valence electrons. The minimum absolute atomic E-state index is 0.869. The lowest BCUT2D eigenvalue weighted by Gasteiger charge is -1.97. The number of imidazole rings is 1. The first-order valence-corrected chi connectivity index (χ1v) is 8.47. The summed E-state index contributed by atoms with van der Waals surface area (Å²) in [5, 5.41) is 2.34. The molecule has 5 aromatic rings. The van der Waals surface area contributed by atoms with Gasteiger partial charge in [-0.25, -0.2) is 4.98 Å². The largest absolute Gasteiger partial charge is 0.360 e. The number of H-pyrrole nitrogens is 3. The fraction of sp³-hybridized carbons (Fsp3) is 0. The maximum absolute atomic E-state index is 4.59. The van der Waals surface area contributed by atoms with Crippen LogP contribution in [0.1, 0.15) is 0 Å². The molecule has 24 heavy (non-hydrogen) atoms. The number of nitrogens with one attached hydrogen (secondary N) is 3. The van der Waals surface area contributed by atoms with Crippen LogP contribution in [-0.4, -0.2) is 19.9 Å². The van der Waals surface area contributed by atoms with Gasteiger partial charge in [0.15, 0.2) is 0 Å². The van der Waals surface area contributed by atoms with Gasteiger partial charge >= 0.3 is 0 Å². The van der Waals surface area contributed by atoms with Crippen LogP contribution >= 0.6 is 15.9 Å². The summed E-state index contributed by atoms with van der Waals surface area (Å²) in [6.07, 6.45) is 5.91. The monoisotopic (exact) mass is 376 g/mol. The standard InChI is InChI=1S/C19H13BrN4/c20-11-5-6-13-14(8-22-17(13)7-11)18-10-23-19(24-18)15-9-21-16-4-2-1-3-12(15)16/h1-10,21-22H,(H,23,24). The third-order valence-corrected chi connectivity index (χ3v) is 4.85. The van der Waals surface area contributed by atoms with Crippen molar-refractivity contribution in [3.63, 3.8) is 0 Å². The summed E-state index contributed by atoms with van der Waals surface area (Å²) in [5.74, 6) is 0.869. The predicted molar refractivity (Wildman–Crippen MR) is 101 cm³/mol. The number of rotatable bonds is 2. The van der Waals surface area contributed by atoms with Crippen molar-refractivity contribution in [3.05, 3.63) is 65.5 Å². The van der Waals surface area contributed by atoms with E-state index in [0.29, 0.717) is 0 Å². The molecule has 0 bridgehead atoms. The quantitative estimate of drug-likeness (QED) is 0.375. The predicted octanol–water partition coefficient (Wildman–Crippen LogP) is 5.47. The number of hydrogen-bond donors (Lipinski definition) is 3. The van der Waals surface area contributed by atoms with Crippen LogP contribution in [0.15, 0.2) is 65.5 Å². The second-order valence-electron chi connectivity index (χ2n) is 5.79. The van der Waals surface area contributed by atoms with Crippen LogP contribution in [0.2, 0.25) is 0 Å². The average molecular weight is 377 g/mol. The van der Waals surface area contributed by atoms with Gasteiger partial charge in [-0.3, -0.25) is 0 Å². The van der Waals surface area contributed by atoms with Crippen molar-refractivity contribution < 1.29 is 0 Å². The lowest BCUT2D eigenvalue weighted by atomic mass is 10.1. The highest BCUT2D eigenvalue weighted by Crippen LogP contribution is 2.32. The summed E-state index contributed by atoms with van der Waals surface area (Å²) < 4.78 is 1.06. The Hall–Kier alpha value is -2.79. The summed E-state index contributed by atoms with van der Waals surface area (Å²) in [5.41, 5.74) is 5.42. The van der Waals surface area contributed by atoms with Gasteiger partial charge in [0.1, 0.15) is 5.82 Å². The van der Waals surface area contributed by atoms with E-state index in [9.17, 15) is 0 Å². The number of aromatic nitrogens is 4. The summed E-state index contributed by atoms with van der Waals surface area (Å²) in [6.45, 7) is 0. The number of nitrogens with zero attached hydrogens (tertiary/aromatic N) is 1. The molecule has 0 amide bonds. The highest BCUT2D eigenvalue weighted by atomic mass is 79.9. The van der Waals surface area contributed by atoms with Gasteiger partial charge in [0.25, 0.3) is 0 Å². The molecule has 3 N–H and O–H groups in total. The molecule has 0 saturated carbocycles. The summed E-state index contributed by atoms with van der Waals surface area (Å²) in [6, 6.07) is 14.5. The van der Waals surface area contributed by atoms with Gasteiger partial charge in [-0.2, -0.15) is 0 Å². The zero-order chi connectivity index (χ0) is 16.1. The zero-order valence-corrected chi connectivity index (χ0v) is 14.2. The Morgan fingerprint density at radius 2 is 1.62 bits per heavy atom. The molecule has 2 aromatic carbocycles. The topological polar surface area (TPSA) is 60.3 Å². The molecule has 0 unspecified atom stereocenters. The first-order chi connectivity index (χ1) is 11.8. The molecule has 0 radical (unpaired) electrons. The lowest BCUT2D eigenvalue weighted by molar-refractivity contribution is 1.31. The number of aromatic amines is 3.